The van der Waals surface area contributed by atoms with E-state index in [0.29, 0.717) is 0 Å². The van der Waals surface area contributed by atoms with Gasteiger partial charge < -0.3 is 0 Å². The number of rotatable bonds is 2. The Bertz CT molecular complexity index is 2380. The zero-order valence-corrected chi connectivity index (χ0v) is 23.5. The molecule has 9 rings (SSSR count). The highest BCUT2D eigenvalue weighted by molar-refractivity contribution is 6.26. The molecule has 3 nitrogen and oxygen atoms in total. The molecule has 0 saturated heterocycles. The van der Waals surface area contributed by atoms with E-state index < -0.39 is 0 Å². The molecule has 0 fully saturated rings. The van der Waals surface area contributed by atoms with Crippen LogP contribution in [0.3, 0.4) is 0 Å². The lowest BCUT2D eigenvalue weighted by atomic mass is 9.80. The molecule has 0 spiro atoms. The zero-order chi connectivity index (χ0) is 28.0. The number of hydrogen-bond donors (Lipinski definition) is 0. The Morgan fingerprint density at radius 1 is 0.571 bits per heavy atom. The van der Waals surface area contributed by atoms with Crippen LogP contribution in [-0.2, 0) is 5.41 Å². The summed E-state index contributed by atoms with van der Waals surface area (Å²) in [4.78, 5) is 10.2. The first kappa shape index (κ1) is 23.4. The van der Waals surface area contributed by atoms with Gasteiger partial charge in [0.05, 0.1) is 27.8 Å². The van der Waals surface area contributed by atoms with Crippen LogP contribution in [0, 0.1) is 0 Å². The molecular formula is C39H27N3. The van der Waals surface area contributed by atoms with Crippen molar-refractivity contribution in [1.29, 1.82) is 0 Å². The van der Waals surface area contributed by atoms with Gasteiger partial charge in [-0.1, -0.05) is 111 Å². The van der Waals surface area contributed by atoms with Crippen LogP contribution < -0.4 is 0 Å². The predicted molar refractivity (Wildman–Crippen MR) is 174 cm³/mol. The summed E-state index contributed by atoms with van der Waals surface area (Å²) in [6.45, 7) is 4.74. The summed E-state index contributed by atoms with van der Waals surface area (Å²) in [6.07, 6.45) is 0. The Morgan fingerprint density at radius 3 is 2.10 bits per heavy atom. The maximum Gasteiger partial charge on any atom is 0.138 e. The van der Waals surface area contributed by atoms with E-state index in [1.807, 2.05) is 18.2 Å². The summed E-state index contributed by atoms with van der Waals surface area (Å²) in [5, 5.41) is 5.13. The molecule has 42 heavy (non-hydrogen) atoms. The van der Waals surface area contributed by atoms with Gasteiger partial charge in [0.2, 0.25) is 0 Å². The van der Waals surface area contributed by atoms with Crippen LogP contribution in [-0.4, -0.2) is 14.5 Å². The molecule has 0 amide bonds. The minimum Gasteiger partial charge on any atom is -0.293 e. The largest absolute Gasteiger partial charge is 0.293 e. The number of benzene rings is 5. The molecule has 0 N–H and O–H groups in total. The monoisotopic (exact) mass is 537 g/mol. The third-order valence-electron chi connectivity index (χ3n) is 9.15. The quantitative estimate of drug-likeness (QED) is 0.220. The Morgan fingerprint density at radius 2 is 1.24 bits per heavy atom. The van der Waals surface area contributed by atoms with Crippen LogP contribution >= 0.6 is 0 Å². The van der Waals surface area contributed by atoms with Crippen molar-refractivity contribution < 1.29 is 0 Å². The molecule has 1 aliphatic carbocycles. The molecule has 0 aliphatic heterocycles. The number of nitrogens with zero attached hydrogens (tertiary/aromatic N) is 3. The van der Waals surface area contributed by atoms with Crippen LogP contribution in [0.2, 0.25) is 0 Å². The van der Waals surface area contributed by atoms with E-state index in [1.165, 1.54) is 54.8 Å². The summed E-state index contributed by atoms with van der Waals surface area (Å²) in [7, 11) is 0. The van der Waals surface area contributed by atoms with Crippen molar-refractivity contribution in [2.45, 2.75) is 19.3 Å². The Labute approximate surface area is 243 Å². The van der Waals surface area contributed by atoms with E-state index in [-0.39, 0.29) is 5.41 Å². The van der Waals surface area contributed by atoms with Crippen molar-refractivity contribution in [3.63, 3.8) is 0 Å². The van der Waals surface area contributed by atoms with Crippen LogP contribution in [0.1, 0.15) is 25.0 Å². The van der Waals surface area contributed by atoms with Crippen LogP contribution in [0.15, 0.2) is 127 Å². The van der Waals surface area contributed by atoms with Gasteiger partial charge in [0.1, 0.15) is 5.82 Å². The van der Waals surface area contributed by atoms with E-state index in [9.17, 15) is 0 Å². The molecule has 0 bridgehead atoms. The van der Waals surface area contributed by atoms with Crippen molar-refractivity contribution in [2.75, 3.05) is 0 Å². The van der Waals surface area contributed by atoms with Crippen LogP contribution in [0.25, 0.3) is 71.8 Å². The standard InChI is InChI=1S/C39H27N3/c1-39(2)29-18-10-8-16-27(29)35-25-14-6-7-15-26(25)36-28-17-9-11-19-33(28)42(38(36)37(35)39)34-23-22-31-32(41-34)21-20-30(40-31)24-12-4-3-5-13-24/h3-23H,1-2H3. The molecule has 3 aromatic heterocycles. The number of fused-ring (bicyclic) bond motifs is 11. The fourth-order valence-electron chi connectivity index (χ4n) is 7.32. The molecule has 5 aromatic carbocycles. The fraction of sp³-hybridized carbons (Fsp3) is 0.0769. The second-order valence-electron chi connectivity index (χ2n) is 11.8. The SMILES string of the molecule is CC1(C)c2ccccc2-c2c1c1c(c3ccccc23)c2ccccc2n1-c1ccc2nc(-c3ccccc3)ccc2n1. The average Bonchev–Trinajstić information content (AvgIpc) is 3.50. The van der Waals surface area contributed by atoms with Gasteiger partial charge in [0.25, 0.3) is 0 Å². The minimum atomic E-state index is -0.177. The van der Waals surface area contributed by atoms with Gasteiger partial charge in [0, 0.05) is 21.8 Å². The lowest BCUT2D eigenvalue weighted by Crippen LogP contribution is -2.16. The van der Waals surface area contributed by atoms with Crippen molar-refractivity contribution in [1.82, 2.24) is 14.5 Å². The molecular weight excluding hydrogens is 510 g/mol. The van der Waals surface area contributed by atoms with Gasteiger partial charge in [0.15, 0.2) is 0 Å². The first-order valence-corrected chi connectivity index (χ1v) is 14.5. The van der Waals surface area contributed by atoms with E-state index in [1.54, 1.807) is 0 Å². The number of hydrogen-bond acceptors (Lipinski definition) is 2. The third kappa shape index (κ3) is 3.05. The van der Waals surface area contributed by atoms with Crippen LogP contribution in [0.5, 0.6) is 0 Å². The Hall–Kier alpha value is -5.28. The summed E-state index contributed by atoms with van der Waals surface area (Å²) >= 11 is 0. The Kier molecular flexibility index (Phi) is 4.67. The first-order chi connectivity index (χ1) is 20.6. The lowest BCUT2D eigenvalue weighted by Gasteiger charge is -2.24. The van der Waals surface area contributed by atoms with Crippen molar-refractivity contribution in [3.8, 4) is 28.2 Å². The van der Waals surface area contributed by atoms with E-state index >= 15 is 0 Å². The minimum absolute atomic E-state index is 0.177. The lowest BCUT2D eigenvalue weighted by molar-refractivity contribution is 0.664. The third-order valence-corrected chi connectivity index (χ3v) is 9.15. The molecule has 0 radical (unpaired) electrons. The highest BCUT2D eigenvalue weighted by Gasteiger charge is 2.40. The maximum absolute atomic E-state index is 5.26. The van der Waals surface area contributed by atoms with Crippen LogP contribution in [0.4, 0.5) is 0 Å². The van der Waals surface area contributed by atoms with Gasteiger partial charge in [-0.05, 0) is 63.4 Å². The van der Waals surface area contributed by atoms with Crippen molar-refractivity contribution in [3.05, 3.63) is 139 Å². The van der Waals surface area contributed by atoms with E-state index in [2.05, 4.69) is 128 Å². The maximum atomic E-state index is 5.26. The van der Waals surface area contributed by atoms with Gasteiger partial charge in [-0.3, -0.25) is 4.57 Å². The van der Waals surface area contributed by atoms with Gasteiger partial charge in [-0.2, -0.15) is 0 Å². The highest BCUT2D eigenvalue weighted by atomic mass is 15.1. The highest BCUT2D eigenvalue weighted by Crippen LogP contribution is 2.56. The molecule has 198 valence electrons. The van der Waals surface area contributed by atoms with E-state index in [0.717, 1.165) is 28.1 Å². The first-order valence-electron chi connectivity index (χ1n) is 14.5. The molecule has 1 aliphatic rings. The normalized spacial score (nSPS) is 13.7. The number of para-hydroxylation sites is 1. The predicted octanol–water partition coefficient (Wildman–Crippen LogP) is 9.85. The van der Waals surface area contributed by atoms with Gasteiger partial charge in [-0.25, -0.2) is 9.97 Å². The van der Waals surface area contributed by atoms with E-state index in [4.69, 9.17) is 9.97 Å². The Balaban J connectivity index is 1.41. The molecule has 0 saturated carbocycles. The summed E-state index contributed by atoms with van der Waals surface area (Å²) in [5.74, 6) is 0.909. The second kappa shape index (κ2) is 8.37. The molecule has 8 aromatic rings. The summed E-state index contributed by atoms with van der Waals surface area (Å²) < 4.78 is 2.40. The molecule has 0 atom stereocenters. The van der Waals surface area contributed by atoms with Gasteiger partial charge in [-0.15, -0.1) is 0 Å². The number of pyridine rings is 2. The fourth-order valence-corrected chi connectivity index (χ4v) is 7.32. The van der Waals surface area contributed by atoms with Crippen molar-refractivity contribution >= 4 is 43.6 Å². The summed E-state index contributed by atoms with van der Waals surface area (Å²) in [5.41, 5.74) is 11.5. The smallest absolute Gasteiger partial charge is 0.138 e. The molecule has 3 heterocycles. The molecule has 3 heteroatoms. The van der Waals surface area contributed by atoms with Gasteiger partial charge >= 0.3 is 0 Å². The zero-order valence-electron chi connectivity index (χ0n) is 23.5. The topological polar surface area (TPSA) is 30.7 Å². The molecule has 0 unspecified atom stereocenters. The second-order valence-corrected chi connectivity index (χ2v) is 11.8. The summed E-state index contributed by atoms with van der Waals surface area (Å²) in [6, 6.07) is 45.4. The number of aromatic nitrogens is 3. The average molecular weight is 538 g/mol. The van der Waals surface area contributed by atoms with Crippen molar-refractivity contribution in [2.24, 2.45) is 0 Å².